The Morgan fingerprint density at radius 3 is 2.70 bits per heavy atom. The molecule has 20 heavy (non-hydrogen) atoms. The molecular weight excluding hydrogens is 319 g/mol. The molecule has 1 N–H and O–H groups in total. The van der Waals surface area contributed by atoms with E-state index in [4.69, 9.17) is 23.2 Å². The lowest BCUT2D eigenvalue weighted by Crippen LogP contribution is -2.42. The highest BCUT2D eigenvalue weighted by atomic mass is 35.5. The first-order valence-electron chi connectivity index (χ1n) is 6.36. The van der Waals surface area contributed by atoms with Crippen LogP contribution in [0.1, 0.15) is 31.4 Å². The fraction of sp³-hybridized carbons (Fsp3) is 0.385. The van der Waals surface area contributed by atoms with Crippen LogP contribution in [0.4, 0.5) is 0 Å². The van der Waals surface area contributed by atoms with E-state index >= 15 is 0 Å². The zero-order chi connectivity index (χ0) is 14.8. The third-order valence-electron chi connectivity index (χ3n) is 3.06. The number of halogens is 2. The van der Waals surface area contributed by atoms with Gasteiger partial charge in [0.2, 0.25) is 0 Å². The average molecular weight is 335 g/mol. The molecule has 1 aliphatic rings. The second-order valence-electron chi connectivity index (χ2n) is 4.57. The maximum Gasteiger partial charge on any atom is 0.301 e. The van der Waals surface area contributed by atoms with Gasteiger partial charge < -0.3 is 0 Å². The molecule has 1 aromatic carbocycles. The van der Waals surface area contributed by atoms with Gasteiger partial charge in [0.1, 0.15) is 0 Å². The molecule has 0 radical (unpaired) electrons. The van der Waals surface area contributed by atoms with E-state index in [-0.39, 0.29) is 0 Å². The number of nitrogens with one attached hydrogen (secondary N) is 1. The van der Waals surface area contributed by atoms with Crippen LogP contribution in [-0.2, 0) is 10.2 Å². The molecule has 4 nitrogen and oxygen atoms in total. The van der Waals surface area contributed by atoms with Gasteiger partial charge in [-0.15, -0.1) is 0 Å². The Labute approximate surface area is 129 Å². The van der Waals surface area contributed by atoms with Crippen LogP contribution < -0.4 is 4.72 Å². The van der Waals surface area contributed by atoms with Crippen LogP contribution in [0.5, 0.6) is 0 Å². The van der Waals surface area contributed by atoms with Crippen molar-refractivity contribution in [2.24, 2.45) is 0 Å². The molecule has 1 heterocycles. The van der Waals surface area contributed by atoms with Crippen LogP contribution >= 0.6 is 23.2 Å². The first-order chi connectivity index (χ1) is 9.44. The second kappa shape index (κ2) is 6.35. The number of unbranched alkanes of at least 4 members (excludes halogenated alkanes) is 1. The summed E-state index contributed by atoms with van der Waals surface area (Å²) in [6.07, 6.45) is 5.13. The Bertz CT molecular complexity index is 617. The maximum atomic E-state index is 12.1. The summed E-state index contributed by atoms with van der Waals surface area (Å²) in [6.45, 7) is 2.49. The topological polar surface area (TPSA) is 49.4 Å². The first kappa shape index (κ1) is 15.6. The molecule has 1 atom stereocenters. The van der Waals surface area contributed by atoms with Crippen molar-refractivity contribution in [1.82, 2.24) is 9.03 Å². The van der Waals surface area contributed by atoms with Crippen LogP contribution in [0.15, 0.2) is 30.5 Å². The highest BCUT2D eigenvalue weighted by Gasteiger charge is 2.27. The Morgan fingerprint density at radius 1 is 1.35 bits per heavy atom. The van der Waals surface area contributed by atoms with Gasteiger partial charge in [-0.1, -0.05) is 42.6 Å². The van der Waals surface area contributed by atoms with Gasteiger partial charge in [-0.05, 0) is 30.2 Å². The Hall–Kier alpha value is -0.750. The predicted octanol–water partition coefficient (Wildman–Crippen LogP) is 3.50. The van der Waals surface area contributed by atoms with Crippen molar-refractivity contribution in [1.29, 1.82) is 0 Å². The van der Waals surface area contributed by atoms with Crippen molar-refractivity contribution in [2.45, 2.75) is 25.8 Å². The third-order valence-corrected chi connectivity index (χ3v) is 5.09. The van der Waals surface area contributed by atoms with Crippen LogP contribution in [0.3, 0.4) is 0 Å². The summed E-state index contributed by atoms with van der Waals surface area (Å²) in [5.41, 5.74) is 0.686. The number of rotatable bonds is 4. The molecule has 0 bridgehead atoms. The number of nitrogens with zero attached hydrogens (tertiary/aromatic N) is 1. The number of hydrogen-bond donors (Lipinski definition) is 1. The van der Waals surface area contributed by atoms with Gasteiger partial charge in [0, 0.05) is 22.8 Å². The molecular formula is C13H16Cl2N2O2S. The standard InChI is InChI=1S/C13H16Cl2N2O2S/c1-2-3-7-17-8-6-13(16-20(17,18)19)11-5-4-10(14)9-12(11)15/h4-6,8-9,13,16H,2-3,7H2,1H3. The van der Waals surface area contributed by atoms with E-state index in [0.717, 1.165) is 12.8 Å². The minimum absolute atomic E-state index is 0.442. The van der Waals surface area contributed by atoms with Crippen LogP contribution in [0.25, 0.3) is 0 Å². The molecule has 0 aromatic heterocycles. The van der Waals surface area contributed by atoms with Gasteiger partial charge in [-0.3, -0.25) is 4.31 Å². The van der Waals surface area contributed by atoms with Crippen LogP contribution in [0, 0.1) is 0 Å². The molecule has 2 rings (SSSR count). The minimum Gasteiger partial charge on any atom is -0.265 e. The lowest BCUT2D eigenvalue weighted by Gasteiger charge is -2.29. The molecule has 110 valence electrons. The van der Waals surface area contributed by atoms with E-state index in [0.29, 0.717) is 22.2 Å². The summed E-state index contributed by atoms with van der Waals surface area (Å²) in [5, 5.41) is 0.961. The van der Waals surface area contributed by atoms with Crippen molar-refractivity contribution in [3.05, 3.63) is 46.1 Å². The van der Waals surface area contributed by atoms with Gasteiger partial charge in [0.25, 0.3) is 0 Å². The smallest absolute Gasteiger partial charge is 0.265 e. The van der Waals surface area contributed by atoms with E-state index in [1.165, 1.54) is 4.31 Å². The second-order valence-corrected chi connectivity index (χ2v) is 7.07. The monoisotopic (exact) mass is 334 g/mol. The molecule has 0 amide bonds. The molecule has 1 unspecified atom stereocenters. The first-order valence-corrected chi connectivity index (χ1v) is 8.56. The third kappa shape index (κ3) is 3.47. The van der Waals surface area contributed by atoms with E-state index in [1.807, 2.05) is 6.92 Å². The summed E-state index contributed by atoms with van der Waals surface area (Å²) >= 11 is 12.0. The number of hydrogen-bond acceptors (Lipinski definition) is 2. The zero-order valence-corrected chi connectivity index (χ0v) is 13.3. The van der Waals surface area contributed by atoms with Gasteiger partial charge in [-0.25, -0.2) is 0 Å². The molecule has 1 aromatic rings. The average Bonchev–Trinajstić information content (AvgIpc) is 2.36. The lowest BCUT2D eigenvalue weighted by atomic mass is 10.1. The SMILES string of the molecule is CCCCN1C=CC(c2ccc(Cl)cc2Cl)NS1(=O)=O. The molecule has 0 saturated carbocycles. The molecule has 0 saturated heterocycles. The quantitative estimate of drug-likeness (QED) is 0.916. The van der Waals surface area contributed by atoms with Gasteiger partial charge in [0.15, 0.2) is 0 Å². The molecule has 0 spiro atoms. The normalized spacial score (nSPS) is 21.1. The maximum absolute atomic E-state index is 12.1. The van der Waals surface area contributed by atoms with Crippen molar-refractivity contribution in [3.63, 3.8) is 0 Å². The van der Waals surface area contributed by atoms with Crippen molar-refractivity contribution in [3.8, 4) is 0 Å². The summed E-state index contributed by atoms with van der Waals surface area (Å²) in [7, 11) is -3.52. The Morgan fingerprint density at radius 2 is 2.10 bits per heavy atom. The summed E-state index contributed by atoms with van der Waals surface area (Å²) < 4.78 is 28.2. The lowest BCUT2D eigenvalue weighted by molar-refractivity contribution is 0.457. The van der Waals surface area contributed by atoms with Crippen LogP contribution in [-0.4, -0.2) is 19.3 Å². The van der Waals surface area contributed by atoms with E-state index in [1.54, 1.807) is 30.5 Å². The van der Waals surface area contributed by atoms with Gasteiger partial charge in [0.05, 0.1) is 6.04 Å². The summed E-state index contributed by atoms with van der Waals surface area (Å²) in [5.74, 6) is 0. The largest absolute Gasteiger partial charge is 0.301 e. The Kier molecular flexibility index (Phi) is 4.96. The van der Waals surface area contributed by atoms with Gasteiger partial charge in [-0.2, -0.15) is 13.1 Å². The van der Waals surface area contributed by atoms with Crippen LogP contribution in [0.2, 0.25) is 10.0 Å². The Balaban J connectivity index is 2.25. The molecule has 0 aliphatic carbocycles. The fourth-order valence-electron chi connectivity index (χ4n) is 1.96. The van der Waals surface area contributed by atoms with E-state index in [2.05, 4.69) is 4.72 Å². The minimum atomic E-state index is -3.52. The van der Waals surface area contributed by atoms with Gasteiger partial charge >= 0.3 is 10.2 Å². The highest BCUT2D eigenvalue weighted by molar-refractivity contribution is 7.87. The number of benzene rings is 1. The van der Waals surface area contributed by atoms with E-state index < -0.39 is 16.3 Å². The van der Waals surface area contributed by atoms with Crippen molar-refractivity contribution < 1.29 is 8.42 Å². The summed E-state index contributed by atoms with van der Waals surface area (Å²) in [6, 6.07) is 4.55. The summed E-state index contributed by atoms with van der Waals surface area (Å²) in [4.78, 5) is 0. The predicted molar refractivity (Wildman–Crippen MR) is 82.0 cm³/mol. The molecule has 7 heteroatoms. The molecule has 0 fully saturated rings. The fourth-order valence-corrected chi connectivity index (χ4v) is 3.75. The highest BCUT2D eigenvalue weighted by Crippen LogP contribution is 2.29. The molecule has 1 aliphatic heterocycles. The van der Waals surface area contributed by atoms with Crippen molar-refractivity contribution in [2.75, 3.05) is 6.54 Å². The van der Waals surface area contributed by atoms with E-state index in [9.17, 15) is 8.42 Å². The van der Waals surface area contributed by atoms with Crippen molar-refractivity contribution >= 4 is 33.4 Å². The zero-order valence-electron chi connectivity index (χ0n) is 11.0.